The molecule has 1 aliphatic carbocycles. The Morgan fingerprint density at radius 2 is 2.06 bits per heavy atom. The molecular weight excluding hydrogens is 292 g/mol. The summed E-state index contributed by atoms with van der Waals surface area (Å²) in [5.41, 5.74) is 1.96. The fraction of sp³-hybridized carbons (Fsp3) is 0.571. The quantitative estimate of drug-likeness (QED) is 0.616. The van der Waals surface area contributed by atoms with E-state index in [-0.39, 0.29) is 11.8 Å². The molecule has 1 heterocycles. The van der Waals surface area contributed by atoms with Crippen LogP contribution in [0.15, 0.2) is 22.3 Å². The first kappa shape index (κ1) is 13.5. The third-order valence-corrected chi connectivity index (χ3v) is 3.88. The predicted octanol–water partition coefficient (Wildman–Crippen LogP) is 4.30. The highest BCUT2D eigenvalue weighted by Gasteiger charge is 2.18. The first-order valence-corrected chi connectivity index (χ1v) is 7.35. The van der Waals surface area contributed by atoms with Crippen molar-refractivity contribution in [1.82, 2.24) is 9.78 Å². The van der Waals surface area contributed by atoms with Crippen LogP contribution in [0, 0.1) is 0 Å². The van der Waals surface area contributed by atoms with Crippen LogP contribution in [0.4, 0.5) is 0 Å². The van der Waals surface area contributed by atoms with E-state index < -0.39 is 0 Å². The molecule has 0 saturated heterocycles. The average molecular weight is 311 g/mol. The van der Waals surface area contributed by atoms with Crippen molar-refractivity contribution in [3.05, 3.63) is 28.0 Å². The highest BCUT2D eigenvalue weighted by atomic mass is 79.9. The number of hydrogen-bond acceptors (Lipinski definition) is 2. The minimum absolute atomic E-state index is 0.0741. The second-order valence-corrected chi connectivity index (χ2v) is 5.96. The number of nitrogens with zero attached hydrogens (tertiary/aromatic N) is 2. The molecule has 3 nitrogen and oxygen atoms in total. The van der Waals surface area contributed by atoms with E-state index in [0.29, 0.717) is 5.69 Å². The van der Waals surface area contributed by atoms with E-state index in [0.717, 1.165) is 17.3 Å². The van der Waals surface area contributed by atoms with E-state index in [9.17, 15) is 4.79 Å². The molecule has 0 aromatic carbocycles. The van der Waals surface area contributed by atoms with Crippen LogP contribution in [-0.2, 0) is 0 Å². The molecule has 98 valence electrons. The maximum Gasteiger partial charge on any atom is 0.204 e. The number of rotatable bonds is 3. The van der Waals surface area contributed by atoms with E-state index in [1.807, 2.05) is 19.9 Å². The van der Waals surface area contributed by atoms with Crippen LogP contribution in [0.25, 0.3) is 0 Å². The van der Waals surface area contributed by atoms with Crippen LogP contribution in [0.1, 0.15) is 62.5 Å². The van der Waals surface area contributed by atoms with Crippen molar-refractivity contribution in [1.29, 1.82) is 0 Å². The molecule has 1 aliphatic rings. The van der Waals surface area contributed by atoms with Gasteiger partial charge in [-0.1, -0.05) is 12.0 Å². The summed E-state index contributed by atoms with van der Waals surface area (Å²) in [6.07, 6.45) is 9.37. The number of carbonyl (C=O) groups excluding carboxylic acids is 1. The minimum atomic E-state index is 0.0741. The van der Waals surface area contributed by atoms with Crippen molar-refractivity contribution >= 4 is 21.7 Å². The predicted molar refractivity (Wildman–Crippen MR) is 75.8 cm³/mol. The van der Waals surface area contributed by atoms with Gasteiger partial charge in [0.25, 0.3) is 0 Å². The first-order chi connectivity index (χ1) is 8.59. The van der Waals surface area contributed by atoms with Crippen molar-refractivity contribution in [3.8, 4) is 0 Å². The number of aromatic nitrogens is 2. The molecule has 1 fully saturated rings. The van der Waals surface area contributed by atoms with Gasteiger partial charge < -0.3 is 0 Å². The third kappa shape index (κ3) is 2.91. The van der Waals surface area contributed by atoms with Gasteiger partial charge in [0.05, 0.1) is 10.7 Å². The Morgan fingerprint density at radius 3 is 2.67 bits per heavy atom. The Balaban J connectivity index is 2.25. The van der Waals surface area contributed by atoms with Crippen LogP contribution in [0.2, 0.25) is 0 Å². The van der Waals surface area contributed by atoms with Crippen LogP contribution in [0.3, 0.4) is 0 Å². The number of hydrogen-bond donors (Lipinski definition) is 0. The average Bonchev–Trinajstić information content (AvgIpc) is 2.72. The van der Waals surface area contributed by atoms with E-state index >= 15 is 0 Å². The van der Waals surface area contributed by atoms with Crippen molar-refractivity contribution in [3.63, 3.8) is 0 Å². The van der Waals surface area contributed by atoms with Gasteiger partial charge in [-0.05, 0) is 61.5 Å². The molecular formula is C14H19BrN2O. The maximum atomic E-state index is 12.4. The molecule has 1 aromatic rings. The van der Waals surface area contributed by atoms with Gasteiger partial charge in [-0.3, -0.25) is 9.48 Å². The van der Waals surface area contributed by atoms with Gasteiger partial charge in [0.2, 0.25) is 5.78 Å². The molecule has 18 heavy (non-hydrogen) atoms. The minimum Gasteiger partial charge on any atom is -0.288 e. The van der Waals surface area contributed by atoms with Crippen molar-refractivity contribution < 1.29 is 4.79 Å². The van der Waals surface area contributed by atoms with Gasteiger partial charge in [0.15, 0.2) is 0 Å². The summed E-state index contributed by atoms with van der Waals surface area (Å²) >= 11 is 3.42. The largest absolute Gasteiger partial charge is 0.288 e. The highest BCUT2D eigenvalue weighted by molar-refractivity contribution is 9.10. The van der Waals surface area contributed by atoms with Gasteiger partial charge in [-0.25, -0.2) is 0 Å². The highest BCUT2D eigenvalue weighted by Crippen LogP contribution is 2.25. The summed E-state index contributed by atoms with van der Waals surface area (Å²) in [7, 11) is 0. The normalized spacial score (nSPS) is 16.1. The molecule has 0 atom stereocenters. The number of allylic oxidation sites excluding steroid dienone is 2. The van der Waals surface area contributed by atoms with E-state index in [4.69, 9.17) is 0 Å². The van der Waals surface area contributed by atoms with Gasteiger partial charge in [0, 0.05) is 6.04 Å². The van der Waals surface area contributed by atoms with Gasteiger partial charge in [-0.2, -0.15) is 5.10 Å². The zero-order valence-electron chi connectivity index (χ0n) is 10.9. The molecule has 0 bridgehead atoms. The maximum absolute atomic E-state index is 12.4. The van der Waals surface area contributed by atoms with Gasteiger partial charge >= 0.3 is 0 Å². The lowest BCUT2D eigenvalue weighted by molar-refractivity contribution is 0.103. The Bertz CT molecular complexity index is 466. The summed E-state index contributed by atoms with van der Waals surface area (Å²) in [6.45, 7) is 4.06. The zero-order chi connectivity index (χ0) is 13.1. The standard InChI is InChI=1S/C14H19BrN2O/c1-10(2)17-14(12(15)9-16-17)13(18)8-11-6-4-3-5-7-11/h8-10H,3-7H2,1-2H3. The number of ketones is 1. The molecule has 0 amide bonds. The Labute approximate surface area is 116 Å². The molecule has 1 saturated carbocycles. The molecule has 0 unspecified atom stereocenters. The number of carbonyl (C=O) groups is 1. The third-order valence-electron chi connectivity index (χ3n) is 3.30. The topological polar surface area (TPSA) is 34.9 Å². The van der Waals surface area contributed by atoms with E-state index in [2.05, 4.69) is 21.0 Å². The summed E-state index contributed by atoms with van der Waals surface area (Å²) in [5.74, 6) is 0.0741. The molecule has 2 rings (SSSR count). The van der Waals surface area contributed by atoms with Gasteiger partial charge in [-0.15, -0.1) is 0 Å². The second-order valence-electron chi connectivity index (χ2n) is 5.11. The van der Waals surface area contributed by atoms with Crippen molar-refractivity contribution in [2.45, 2.75) is 52.0 Å². The van der Waals surface area contributed by atoms with E-state index in [1.165, 1.54) is 24.8 Å². The van der Waals surface area contributed by atoms with Crippen LogP contribution < -0.4 is 0 Å². The summed E-state index contributed by atoms with van der Waals surface area (Å²) < 4.78 is 2.57. The SMILES string of the molecule is CC(C)n1ncc(Br)c1C(=O)C=C1CCCCC1. The fourth-order valence-corrected chi connectivity index (χ4v) is 2.84. The lowest BCUT2D eigenvalue weighted by atomic mass is 9.94. The summed E-state index contributed by atoms with van der Waals surface area (Å²) in [4.78, 5) is 12.4. The van der Waals surface area contributed by atoms with Crippen LogP contribution in [0.5, 0.6) is 0 Å². The van der Waals surface area contributed by atoms with Crippen LogP contribution in [-0.4, -0.2) is 15.6 Å². The lowest BCUT2D eigenvalue weighted by Gasteiger charge is -2.14. The van der Waals surface area contributed by atoms with Crippen molar-refractivity contribution in [2.75, 3.05) is 0 Å². The summed E-state index contributed by atoms with van der Waals surface area (Å²) in [5, 5.41) is 4.25. The zero-order valence-corrected chi connectivity index (χ0v) is 12.5. The fourth-order valence-electron chi connectivity index (χ4n) is 2.37. The Kier molecular flexibility index (Phi) is 4.38. The molecule has 0 radical (unpaired) electrons. The van der Waals surface area contributed by atoms with Crippen molar-refractivity contribution in [2.24, 2.45) is 0 Å². The second kappa shape index (κ2) is 5.83. The smallest absolute Gasteiger partial charge is 0.204 e. The molecule has 1 aromatic heterocycles. The Hall–Kier alpha value is -0.900. The summed E-state index contributed by atoms with van der Waals surface area (Å²) in [6, 6.07) is 0.194. The number of halogens is 1. The first-order valence-electron chi connectivity index (χ1n) is 6.56. The van der Waals surface area contributed by atoms with E-state index in [1.54, 1.807) is 10.9 Å². The molecule has 0 aliphatic heterocycles. The molecule has 0 spiro atoms. The lowest BCUT2D eigenvalue weighted by Crippen LogP contribution is -2.12. The van der Waals surface area contributed by atoms with Crippen LogP contribution >= 0.6 is 15.9 Å². The molecule has 0 N–H and O–H groups in total. The Morgan fingerprint density at radius 1 is 1.39 bits per heavy atom. The van der Waals surface area contributed by atoms with Gasteiger partial charge in [0.1, 0.15) is 5.69 Å². The monoisotopic (exact) mass is 310 g/mol. The molecule has 4 heteroatoms.